The summed E-state index contributed by atoms with van der Waals surface area (Å²) in [5, 5.41) is 5.15. The first-order valence-corrected chi connectivity index (χ1v) is 10.0. The van der Waals surface area contributed by atoms with Crippen molar-refractivity contribution < 1.29 is 18.0 Å². The van der Waals surface area contributed by atoms with Gasteiger partial charge >= 0.3 is 11.8 Å². The van der Waals surface area contributed by atoms with E-state index >= 15 is 0 Å². The number of amides is 2. The predicted molar refractivity (Wildman–Crippen MR) is 98.0 cm³/mol. The molecule has 1 aliphatic rings. The topological polar surface area (TPSA) is 95.6 Å². The number of nitrogens with zero attached hydrogens (tertiary/aromatic N) is 1. The standard InChI is InChI=1S/C17H25N3O4S/c1-12(2)7-8-18-16(21)17(22)19-15-11-14(6-5-13(15)3)20-9-4-10-25(20,23)24/h5-6,11-12H,4,7-10H2,1-3H3,(H,18,21)(H,19,22). The van der Waals surface area contributed by atoms with Crippen LogP contribution in [0.25, 0.3) is 0 Å². The number of hydrogen-bond donors (Lipinski definition) is 2. The molecule has 0 radical (unpaired) electrons. The Bertz CT molecular complexity index is 759. The number of anilines is 2. The Balaban J connectivity index is 2.08. The Morgan fingerprint density at radius 3 is 2.56 bits per heavy atom. The van der Waals surface area contributed by atoms with Crippen molar-refractivity contribution in [1.82, 2.24) is 5.32 Å². The molecule has 0 spiro atoms. The fourth-order valence-electron chi connectivity index (χ4n) is 2.56. The molecular formula is C17H25N3O4S. The van der Waals surface area contributed by atoms with Crippen LogP contribution in [0.3, 0.4) is 0 Å². The summed E-state index contributed by atoms with van der Waals surface area (Å²) in [7, 11) is -3.29. The molecule has 1 aliphatic heterocycles. The highest BCUT2D eigenvalue weighted by atomic mass is 32.2. The first-order chi connectivity index (χ1) is 11.7. The fourth-order valence-corrected chi connectivity index (χ4v) is 4.12. The molecule has 1 aromatic rings. The van der Waals surface area contributed by atoms with Crippen molar-refractivity contribution in [1.29, 1.82) is 0 Å². The van der Waals surface area contributed by atoms with E-state index < -0.39 is 21.8 Å². The Hall–Kier alpha value is -2.09. The lowest BCUT2D eigenvalue weighted by atomic mass is 10.1. The van der Waals surface area contributed by atoms with E-state index in [1.807, 2.05) is 13.8 Å². The summed E-state index contributed by atoms with van der Waals surface area (Å²) in [4.78, 5) is 23.9. The van der Waals surface area contributed by atoms with Crippen molar-refractivity contribution in [3.63, 3.8) is 0 Å². The van der Waals surface area contributed by atoms with Crippen LogP contribution in [-0.2, 0) is 19.6 Å². The van der Waals surface area contributed by atoms with Crippen molar-refractivity contribution in [2.24, 2.45) is 5.92 Å². The minimum Gasteiger partial charge on any atom is -0.348 e. The highest BCUT2D eigenvalue weighted by Gasteiger charge is 2.28. The van der Waals surface area contributed by atoms with Crippen LogP contribution in [0.2, 0.25) is 0 Å². The van der Waals surface area contributed by atoms with Crippen LogP contribution in [0.5, 0.6) is 0 Å². The second kappa shape index (κ2) is 7.86. The second-order valence-corrected chi connectivity index (χ2v) is 8.65. The van der Waals surface area contributed by atoms with E-state index in [9.17, 15) is 18.0 Å². The molecule has 0 atom stereocenters. The maximum atomic E-state index is 12.0. The number of benzene rings is 1. The zero-order valence-electron chi connectivity index (χ0n) is 14.8. The lowest BCUT2D eigenvalue weighted by Gasteiger charge is -2.19. The van der Waals surface area contributed by atoms with E-state index in [1.165, 1.54) is 4.31 Å². The number of hydrogen-bond acceptors (Lipinski definition) is 4. The molecule has 0 bridgehead atoms. The third-order valence-electron chi connectivity index (χ3n) is 4.07. The highest BCUT2D eigenvalue weighted by Crippen LogP contribution is 2.28. The highest BCUT2D eigenvalue weighted by molar-refractivity contribution is 7.93. The van der Waals surface area contributed by atoms with Gasteiger partial charge in [-0.2, -0.15) is 0 Å². The Labute approximate surface area is 148 Å². The lowest BCUT2D eigenvalue weighted by molar-refractivity contribution is -0.136. The number of carbonyl (C=O) groups is 2. The predicted octanol–water partition coefficient (Wildman–Crippen LogP) is 1.64. The van der Waals surface area contributed by atoms with Crippen molar-refractivity contribution in [2.75, 3.05) is 28.5 Å². The van der Waals surface area contributed by atoms with Crippen LogP contribution in [-0.4, -0.2) is 39.1 Å². The van der Waals surface area contributed by atoms with Crippen LogP contribution >= 0.6 is 0 Å². The molecule has 0 unspecified atom stereocenters. The summed E-state index contributed by atoms with van der Waals surface area (Å²) in [6.45, 7) is 6.72. The summed E-state index contributed by atoms with van der Waals surface area (Å²) in [6.07, 6.45) is 1.37. The van der Waals surface area contributed by atoms with E-state index in [1.54, 1.807) is 25.1 Å². The first kappa shape index (κ1) is 19.2. The molecule has 1 heterocycles. The Kier molecular flexibility index (Phi) is 6.05. The normalized spacial score (nSPS) is 16.1. The third kappa shape index (κ3) is 4.94. The summed E-state index contributed by atoms with van der Waals surface area (Å²) in [6, 6.07) is 5.03. The molecule has 1 aromatic carbocycles. The number of carbonyl (C=O) groups excluding carboxylic acids is 2. The van der Waals surface area contributed by atoms with Crippen LogP contribution in [0.15, 0.2) is 18.2 Å². The zero-order chi connectivity index (χ0) is 18.6. The van der Waals surface area contributed by atoms with Gasteiger partial charge in [0.15, 0.2) is 0 Å². The molecule has 138 valence electrons. The van der Waals surface area contributed by atoms with E-state index in [-0.39, 0.29) is 5.75 Å². The average Bonchev–Trinajstić information content (AvgIpc) is 2.88. The van der Waals surface area contributed by atoms with Gasteiger partial charge in [0.25, 0.3) is 0 Å². The van der Waals surface area contributed by atoms with Crippen LogP contribution in [0.1, 0.15) is 32.3 Å². The summed E-state index contributed by atoms with van der Waals surface area (Å²) in [5.41, 5.74) is 1.69. The molecule has 25 heavy (non-hydrogen) atoms. The van der Waals surface area contributed by atoms with Gasteiger partial charge in [0.1, 0.15) is 0 Å². The Morgan fingerprint density at radius 1 is 1.24 bits per heavy atom. The minimum atomic E-state index is -3.29. The summed E-state index contributed by atoms with van der Waals surface area (Å²) < 4.78 is 25.4. The fraction of sp³-hybridized carbons (Fsp3) is 0.529. The van der Waals surface area contributed by atoms with Crippen molar-refractivity contribution >= 4 is 33.2 Å². The second-order valence-electron chi connectivity index (χ2n) is 6.63. The quantitative estimate of drug-likeness (QED) is 0.773. The molecule has 1 fully saturated rings. The molecule has 2 N–H and O–H groups in total. The minimum absolute atomic E-state index is 0.126. The van der Waals surface area contributed by atoms with Crippen LogP contribution < -0.4 is 14.9 Å². The van der Waals surface area contributed by atoms with Gasteiger partial charge in [-0.05, 0) is 43.4 Å². The van der Waals surface area contributed by atoms with E-state index in [4.69, 9.17) is 0 Å². The molecule has 8 heteroatoms. The number of aryl methyl sites for hydroxylation is 1. The average molecular weight is 367 g/mol. The van der Waals surface area contributed by atoms with Gasteiger partial charge in [-0.15, -0.1) is 0 Å². The Morgan fingerprint density at radius 2 is 1.96 bits per heavy atom. The number of rotatable bonds is 5. The molecule has 1 saturated heterocycles. The van der Waals surface area contributed by atoms with Crippen molar-refractivity contribution in [2.45, 2.75) is 33.6 Å². The molecule has 0 aromatic heterocycles. The molecular weight excluding hydrogens is 342 g/mol. The first-order valence-electron chi connectivity index (χ1n) is 8.41. The third-order valence-corrected chi connectivity index (χ3v) is 5.94. The molecule has 7 nitrogen and oxygen atoms in total. The van der Waals surface area contributed by atoms with Gasteiger partial charge in [-0.1, -0.05) is 19.9 Å². The smallest absolute Gasteiger partial charge is 0.313 e. The maximum Gasteiger partial charge on any atom is 0.313 e. The molecule has 2 rings (SSSR count). The van der Waals surface area contributed by atoms with Crippen LogP contribution in [0.4, 0.5) is 11.4 Å². The monoisotopic (exact) mass is 367 g/mol. The van der Waals surface area contributed by atoms with E-state index in [0.29, 0.717) is 36.8 Å². The molecule has 2 amide bonds. The van der Waals surface area contributed by atoms with Crippen molar-refractivity contribution in [3.05, 3.63) is 23.8 Å². The van der Waals surface area contributed by atoms with Gasteiger partial charge in [0.2, 0.25) is 10.0 Å². The largest absolute Gasteiger partial charge is 0.348 e. The van der Waals surface area contributed by atoms with E-state index in [0.717, 1.165) is 12.0 Å². The summed E-state index contributed by atoms with van der Waals surface area (Å²) >= 11 is 0. The van der Waals surface area contributed by atoms with E-state index in [2.05, 4.69) is 10.6 Å². The lowest BCUT2D eigenvalue weighted by Crippen LogP contribution is -2.36. The molecule has 0 aliphatic carbocycles. The zero-order valence-corrected chi connectivity index (χ0v) is 15.6. The summed E-state index contributed by atoms with van der Waals surface area (Å²) in [5.74, 6) is -0.891. The van der Waals surface area contributed by atoms with Gasteiger partial charge in [-0.25, -0.2) is 8.42 Å². The van der Waals surface area contributed by atoms with Gasteiger partial charge in [-0.3, -0.25) is 13.9 Å². The van der Waals surface area contributed by atoms with Gasteiger partial charge < -0.3 is 10.6 Å². The van der Waals surface area contributed by atoms with Gasteiger partial charge in [0.05, 0.1) is 11.4 Å². The number of nitrogens with one attached hydrogen (secondary N) is 2. The number of sulfonamides is 1. The van der Waals surface area contributed by atoms with Crippen molar-refractivity contribution in [3.8, 4) is 0 Å². The van der Waals surface area contributed by atoms with Crippen LogP contribution in [0, 0.1) is 12.8 Å². The van der Waals surface area contributed by atoms with Gasteiger partial charge in [0, 0.05) is 18.8 Å². The SMILES string of the molecule is Cc1ccc(N2CCCS2(=O)=O)cc1NC(=O)C(=O)NCCC(C)C. The molecule has 0 saturated carbocycles. The maximum absolute atomic E-state index is 12.0.